The first kappa shape index (κ1) is 20.5. The molecule has 7 nitrogen and oxygen atoms in total. The van der Waals surface area contributed by atoms with Gasteiger partial charge in [-0.2, -0.15) is 0 Å². The molecule has 0 saturated carbocycles. The number of esters is 1. The third kappa shape index (κ3) is 2.86. The lowest BCUT2D eigenvalue weighted by atomic mass is 9.74. The highest BCUT2D eigenvalue weighted by Crippen LogP contribution is 2.65. The van der Waals surface area contributed by atoms with Gasteiger partial charge in [-0.25, -0.2) is 0 Å². The van der Waals surface area contributed by atoms with Crippen LogP contribution in [0.15, 0.2) is 24.3 Å². The summed E-state index contributed by atoms with van der Waals surface area (Å²) in [5.41, 5.74) is 0. The first-order valence-corrected chi connectivity index (χ1v) is 11.0. The standard InChI is InChI=1S/C21H28N2O5S/c1-13(2)22-9-6-8-21-14(17(25)23(10-11-24)16(21)18(22)26)15-19(27)28-12-5-4-7-20(15,3)29-21/h4,6-8,13-16,24H,5,9-12H2,1-3H3/t14-,15-,16?,20+,21-/m0/s1. The van der Waals surface area contributed by atoms with Gasteiger partial charge in [-0.15, -0.1) is 11.8 Å². The van der Waals surface area contributed by atoms with E-state index in [1.54, 1.807) is 4.90 Å². The summed E-state index contributed by atoms with van der Waals surface area (Å²) in [6.45, 7) is 6.45. The van der Waals surface area contributed by atoms with Crippen LogP contribution >= 0.6 is 11.8 Å². The van der Waals surface area contributed by atoms with Crippen LogP contribution in [0.5, 0.6) is 0 Å². The number of likely N-dealkylation sites (tertiary alicyclic amines) is 1. The number of ether oxygens (including phenoxy) is 1. The molecule has 4 aliphatic rings. The number of nitrogens with zero attached hydrogens (tertiary/aromatic N) is 2. The molecule has 0 radical (unpaired) electrons. The first-order chi connectivity index (χ1) is 13.8. The summed E-state index contributed by atoms with van der Waals surface area (Å²) in [7, 11) is 0. The molecule has 4 rings (SSSR count). The van der Waals surface area contributed by atoms with E-state index in [2.05, 4.69) is 0 Å². The van der Waals surface area contributed by atoms with Crippen LogP contribution in [0.4, 0.5) is 0 Å². The lowest BCUT2D eigenvalue weighted by Gasteiger charge is -2.37. The number of cyclic esters (lactones) is 1. The molecule has 0 aromatic carbocycles. The number of hydrogen-bond acceptors (Lipinski definition) is 6. The molecular weight excluding hydrogens is 392 g/mol. The molecule has 0 aliphatic carbocycles. The smallest absolute Gasteiger partial charge is 0.311 e. The average Bonchev–Trinajstić information content (AvgIpc) is 2.95. The quantitative estimate of drug-likeness (QED) is 0.541. The van der Waals surface area contributed by atoms with Crippen LogP contribution in [-0.2, 0) is 19.1 Å². The molecule has 2 fully saturated rings. The van der Waals surface area contributed by atoms with E-state index in [1.807, 2.05) is 45.1 Å². The molecule has 158 valence electrons. The Labute approximate surface area is 175 Å². The summed E-state index contributed by atoms with van der Waals surface area (Å²) in [4.78, 5) is 43.5. The van der Waals surface area contributed by atoms with Crippen molar-refractivity contribution in [2.75, 3.05) is 26.3 Å². The monoisotopic (exact) mass is 420 g/mol. The molecule has 2 saturated heterocycles. The maximum atomic E-state index is 13.6. The van der Waals surface area contributed by atoms with Gasteiger partial charge in [0.1, 0.15) is 6.04 Å². The zero-order chi connectivity index (χ0) is 21.0. The number of aliphatic hydroxyl groups excluding tert-OH is 1. The van der Waals surface area contributed by atoms with Crippen LogP contribution in [0.2, 0.25) is 0 Å². The fourth-order valence-corrected chi connectivity index (χ4v) is 7.47. The van der Waals surface area contributed by atoms with Crippen LogP contribution in [0.25, 0.3) is 0 Å². The van der Waals surface area contributed by atoms with Crippen molar-refractivity contribution in [3.63, 3.8) is 0 Å². The minimum absolute atomic E-state index is 0.0204. The number of carbonyl (C=O) groups excluding carboxylic acids is 3. The van der Waals surface area contributed by atoms with Crippen molar-refractivity contribution in [1.82, 2.24) is 9.80 Å². The van der Waals surface area contributed by atoms with Gasteiger partial charge >= 0.3 is 5.97 Å². The lowest BCUT2D eigenvalue weighted by Crippen LogP contribution is -2.55. The van der Waals surface area contributed by atoms with Gasteiger partial charge < -0.3 is 19.6 Å². The van der Waals surface area contributed by atoms with Gasteiger partial charge in [0.25, 0.3) is 0 Å². The van der Waals surface area contributed by atoms with Gasteiger partial charge in [-0.3, -0.25) is 14.4 Å². The normalized spacial score (nSPS) is 39.1. The molecule has 29 heavy (non-hydrogen) atoms. The maximum absolute atomic E-state index is 13.6. The highest BCUT2D eigenvalue weighted by atomic mass is 32.2. The Hall–Kier alpha value is -1.80. The van der Waals surface area contributed by atoms with Gasteiger partial charge in [0.15, 0.2) is 0 Å². The third-order valence-electron chi connectivity index (χ3n) is 6.52. The van der Waals surface area contributed by atoms with E-state index in [1.165, 1.54) is 16.7 Å². The number of thioether (sulfide) groups is 1. The van der Waals surface area contributed by atoms with Crippen LogP contribution in [0.1, 0.15) is 27.2 Å². The number of rotatable bonds is 3. The van der Waals surface area contributed by atoms with E-state index in [0.29, 0.717) is 19.6 Å². The SMILES string of the molecule is CC(C)N1CC=C[C@]23S[C@]4(C)C=CCCOC(=O)[C@@H]4[C@H]2C(=O)N(CCO)C3C1=O. The van der Waals surface area contributed by atoms with Gasteiger partial charge in [0.05, 0.1) is 29.8 Å². The Morgan fingerprint density at radius 2 is 1.97 bits per heavy atom. The van der Waals surface area contributed by atoms with Gasteiger partial charge in [0, 0.05) is 23.9 Å². The number of hydrogen-bond donors (Lipinski definition) is 1. The van der Waals surface area contributed by atoms with E-state index in [9.17, 15) is 19.5 Å². The average molecular weight is 421 g/mol. The second-order valence-electron chi connectivity index (χ2n) is 8.60. The first-order valence-electron chi connectivity index (χ1n) is 10.2. The van der Waals surface area contributed by atoms with Crippen LogP contribution in [0, 0.1) is 11.8 Å². The predicted molar refractivity (Wildman–Crippen MR) is 109 cm³/mol. The Kier molecular flexibility index (Phi) is 5.06. The molecule has 1 unspecified atom stereocenters. The molecule has 4 heterocycles. The predicted octanol–water partition coefficient (Wildman–Crippen LogP) is 0.976. The zero-order valence-electron chi connectivity index (χ0n) is 17.0. The summed E-state index contributed by atoms with van der Waals surface area (Å²) in [6, 6.07) is -0.766. The van der Waals surface area contributed by atoms with E-state index < -0.39 is 27.4 Å². The molecule has 2 amide bonds. The van der Waals surface area contributed by atoms with Gasteiger partial charge in [-0.05, 0) is 27.2 Å². The minimum Gasteiger partial charge on any atom is -0.465 e. The van der Waals surface area contributed by atoms with Gasteiger partial charge in [-0.1, -0.05) is 24.3 Å². The second kappa shape index (κ2) is 7.16. The number of β-amino-alcohol motifs (C(OH)–C–C–N with tert-alkyl or cyclic N) is 1. The van der Waals surface area contributed by atoms with Crippen molar-refractivity contribution < 1.29 is 24.2 Å². The summed E-state index contributed by atoms with van der Waals surface area (Å²) in [6.07, 6.45) is 8.57. The lowest BCUT2D eigenvalue weighted by molar-refractivity contribution is -0.154. The molecule has 1 spiro atoms. The molecule has 0 aromatic heterocycles. The van der Waals surface area contributed by atoms with Crippen LogP contribution in [0.3, 0.4) is 0 Å². The second-order valence-corrected chi connectivity index (χ2v) is 10.4. The highest BCUT2D eigenvalue weighted by Gasteiger charge is 2.73. The Morgan fingerprint density at radius 1 is 1.21 bits per heavy atom. The number of amides is 2. The number of aliphatic hydroxyl groups is 1. The summed E-state index contributed by atoms with van der Waals surface area (Å²) in [5, 5.41) is 9.60. The minimum atomic E-state index is -0.861. The van der Waals surface area contributed by atoms with Crippen molar-refractivity contribution in [3.8, 4) is 0 Å². The summed E-state index contributed by atoms with van der Waals surface area (Å²) >= 11 is 1.52. The fraction of sp³-hybridized carbons (Fsp3) is 0.667. The Morgan fingerprint density at radius 3 is 2.66 bits per heavy atom. The number of fused-ring (bicyclic) bond motifs is 2. The highest BCUT2D eigenvalue weighted by molar-refractivity contribution is 8.02. The molecule has 8 heteroatoms. The molecule has 0 aromatic rings. The van der Waals surface area contributed by atoms with Crippen molar-refractivity contribution in [1.29, 1.82) is 0 Å². The fourth-order valence-electron chi connectivity index (χ4n) is 5.32. The van der Waals surface area contributed by atoms with E-state index in [-0.39, 0.29) is 37.0 Å². The third-order valence-corrected chi connectivity index (χ3v) is 8.31. The molecule has 0 bridgehead atoms. The molecule has 1 N–H and O–H groups in total. The van der Waals surface area contributed by atoms with Gasteiger partial charge in [0.2, 0.25) is 11.8 Å². The summed E-state index contributed by atoms with van der Waals surface area (Å²) in [5.74, 6) is -2.13. The molecule has 4 aliphatic heterocycles. The molecular formula is C21H28N2O5S. The van der Waals surface area contributed by atoms with Crippen molar-refractivity contribution in [3.05, 3.63) is 24.3 Å². The topological polar surface area (TPSA) is 87.2 Å². The summed E-state index contributed by atoms with van der Waals surface area (Å²) < 4.78 is 3.96. The Bertz CT molecular complexity index is 796. The van der Waals surface area contributed by atoms with E-state index >= 15 is 0 Å². The van der Waals surface area contributed by atoms with Crippen LogP contribution < -0.4 is 0 Å². The van der Waals surface area contributed by atoms with Crippen LogP contribution in [-0.4, -0.2) is 80.6 Å². The van der Waals surface area contributed by atoms with E-state index in [0.717, 1.165) is 0 Å². The zero-order valence-corrected chi connectivity index (χ0v) is 17.9. The maximum Gasteiger partial charge on any atom is 0.311 e. The van der Waals surface area contributed by atoms with Crippen molar-refractivity contribution in [2.24, 2.45) is 11.8 Å². The van der Waals surface area contributed by atoms with E-state index in [4.69, 9.17) is 4.74 Å². The Balaban J connectivity index is 1.89. The molecule has 5 atom stereocenters. The largest absolute Gasteiger partial charge is 0.465 e. The van der Waals surface area contributed by atoms with Crippen molar-refractivity contribution in [2.45, 2.75) is 48.8 Å². The number of carbonyl (C=O) groups is 3. The van der Waals surface area contributed by atoms with Crippen molar-refractivity contribution >= 4 is 29.5 Å².